The van der Waals surface area contributed by atoms with Gasteiger partial charge >= 0.3 is 0 Å². The van der Waals surface area contributed by atoms with E-state index in [1.165, 1.54) is 25.0 Å². The van der Waals surface area contributed by atoms with E-state index in [1.807, 2.05) is 6.92 Å². The summed E-state index contributed by atoms with van der Waals surface area (Å²) in [5.41, 5.74) is 6.29. The smallest absolute Gasteiger partial charge is 0.192 e. The second kappa shape index (κ2) is 5.33. The lowest BCUT2D eigenvalue weighted by Gasteiger charge is -2.41. The van der Waals surface area contributed by atoms with Crippen molar-refractivity contribution in [3.63, 3.8) is 0 Å². The van der Waals surface area contributed by atoms with E-state index in [0.717, 1.165) is 12.8 Å². The molecule has 1 aliphatic heterocycles. The van der Waals surface area contributed by atoms with Crippen LogP contribution in [0.2, 0.25) is 10.0 Å². The number of nitrogens with zero attached hydrogens (tertiary/aromatic N) is 2. The van der Waals surface area contributed by atoms with Crippen LogP contribution in [0.5, 0.6) is 0 Å². The maximum atomic E-state index is 13.9. The van der Waals surface area contributed by atoms with Gasteiger partial charge in [-0.3, -0.25) is 4.99 Å². The number of hydrogen-bond donors (Lipinski definition) is 1. The molecule has 1 unspecified atom stereocenters. The van der Waals surface area contributed by atoms with Crippen molar-refractivity contribution in [2.24, 2.45) is 10.7 Å². The van der Waals surface area contributed by atoms with E-state index in [9.17, 15) is 4.39 Å². The van der Waals surface area contributed by atoms with Crippen molar-refractivity contribution in [3.8, 4) is 0 Å². The summed E-state index contributed by atoms with van der Waals surface area (Å²) in [7, 11) is 0. The van der Waals surface area contributed by atoms with Gasteiger partial charge in [0.25, 0.3) is 0 Å². The standard InChI is InChI=1S/C15H18Cl2FN3/c1-15(10-6-13(18)12(17)7-11(10)16)8-20-14(19)21(15)9-4-2-3-5-9/h6-7,9H,2-5,8H2,1H3,(H2,19,20). The van der Waals surface area contributed by atoms with E-state index < -0.39 is 11.4 Å². The lowest BCUT2D eigenvalue weighted by atomic mass is 9.89. The molecule has 1 aliphatic carbocycles. The van der Waals surface area contributed by atoms with Crippen molar-refractivity contribution in [3.05, 3.63) is 33.6 Å². The number of halogens is 3. The molecule has 2 N–H and O–H groups in total. The molecule has 1 atom stereocenters. The second-order valence-corrected chi connectivity index (χ2v) is 6.82. The van der Waals surface area contributed by atoms with E-state index in [1.54, 1.807) is 0 Å². The Morgan fingerprint density at radius 1 is 1.29 bits per heavy atom. The van der Waals surface area contributed by atoms with Gasteiger partial charge in [0, 0.05) is 16.6 Å². The monoisotopic (exact) mass is 329 g/mol. The van der Waals surface area contributed by atoms with Crippen LogP contribution in [-0.2, 0) is 5.54 Å². The highest BCUT2D eigenvalue weighted by Gasteiger charge is 2.45. The van der Waals surface area contributed by atoms with Gasteiger partial charge in [-0.1, -0.05) is 36.0 Å². The Morgan fingerprint density at radius 3 is 2.62 bits per heavy atom. The van der Waals surface area contributed by atoms with Crippen LogP contribution in [0.4, 0.5) is 4.39 Å². The molecule has 21 heavy (non-hydrogen) atoms. The summed E-state index contributed by atoms with van der Waals surface area (Å²) in [6, 6.07) is 3.22. The zero-order chi connectivity index (χ0) is 15.2. The number of nitrogens with two attached hydrogens (primary N) is 1. The Kier molecular flexibility index (Phi) is 3.78. The van der Waals surface area contributed by atoms with Crippen LogP contribution in [0, 0.1) is 5.82 Å². The van der Waals surface area contributed by atoms with Crippen molar-refractivity contribution in [2.75, 3.05) is 6.54 Å². The number of aliphatic imine (C=N–C) groups is 1. The van der Waals surface area contributed by atoms with Crippen LogP contribution in [0.1, 0.15) is 38.2 Å². The van der Waals surface area contributed by atoms with Crippen LogP contribution in [-0.4, -0.2) is 23.4 Å². The summed E-state index contributed by atoms with van der Waals surface area (Å²) < 4.78 is 13.9. The number of guanidine groups is 1. The maximum Gasteiger partial charge on any atom is 0.192 e. The SMILES string of the molecule is CC1(c2cc(F)c(Cl)cc2Cl)CN=C(N)N1C1CCCC1. The average molecular weight is 330 g/mol. The Bertz CT molecular complexity index is 599. The third-order valence-electron chi connectivity index (χ3n) is 4.61. The zero-order valence-corrected chi connectivity index (χ0v) is 13.4. The molecule has 6 heteroatoms. The predicted octanol–water partition coefficient (Wildman–Crippen LogP) is 3.92. The largest absolute Gasteiger partial charge is 0.370 e. The van der Waals surface area contributed by atoms with Gasteiger partial charge in [-0.05, 0) is 31.9 Å². The summed E-state index contributed by atoms with van der Waals surface area (Å²) in [4.78, 5) is 6.51. The van der Waals surface area contributed by atoms with Crippen LogP contribution in [0.15, 0.2) is 17.1 Å². The summed E-state index contributed by atoms with van der Waals surface area (Å²) in [5, 5.41) is 0.489. The van der Waals surface area contributed by atoms with Gasteiger partial charge in [0.2, 0.25) is 0 Å². The maximum absolute atomic E-state index is 13.9. The van der Waals surface area contributed by atoms with Crippen LogP contribution >= 0.6 is 23.2 Å². The van der Waals surface area contributed by atoms with Crippen LogP contribution in [0.3, 0.4) is 0 Å². The molecule has 1 aromatic rings. The fourth-order valence-electron chi connectivity index (χ4n) is 3.54. The fourth-order valence-corrected chi connectivity index (χ4v) is 4.13. The van der Waals surface area contributed by atoms with E-state index in [4.69, 9.17) is 28.9 Å². The van der Waals surface area contributed by atoms with E-state index in [-0.39, 0.29) is 5.02 Å². The highest BCUT2D eigenvalue weighted by atomic mass is 35.5. The van der Waals surface area contributed by atoms with Gasteiger partial charge in [-0.25, -0.2) is 4.39 Å². The first-order valence-electron chi connectivity index (χ1n) is 7.18. The zero-order valence-electron chi connectivity index (χ0n) is 11.9. The third kappa shape index (κ3) is 2.38. The highest BCUT2D eigenvalue weighted by Crippen LogP contribution is 2.42. The molecule has 3 nitrogen and oxygen atoms in total. The third-order valence-corrected chi connectivity index (χ3v) is 5.21. The van der Waals surface area contributed by atoms with Gasteiger partial charge in [0.1, 0.15) is 5.82 Å². The van der Waals surface area contributed by atoms with Crippen molar-refractivity contribution in [2.45, 2.75) is 44.2 Å². The van der Waals surface area contributed by atoms with E-state index in [2.05, 4.69) is 9.89 Å². The van der Waals surface area contributed by atoms with E-state index in [0.29, 0.717) is 29.1 Å². The summed E-state index contributed by atoms with van der Waals surface area (Å²) >= 11 is 12.1. The van der Waals surface area contributed by atoms with Gasteiger partial charge in [0.05, 0.1) is 17.1 Å². The minimum Gasteiger partial charge on any atom is -0.370 e. The fraction of sp³-hybridized carbons (Fsp3) is 0.533. The van der Waals surface area contributed by atoms with Crippen molar-refractivity contribution < 1.29 is 4.39 Å². The Hall–Kier alpha value is -1.00. The Morgan fingerprint density at radius 2 is 1.95 bits per heavy atom. The van der Waals surface area contributed by atoms with Crippen LogP contribution in [0.25, 0.3) is 0 Å². The van der Waals surface area contributed by atoms with Crippen molar-refractivity contribution >= 4 is 29.2 Å². The van der Waals surface area contributed by atoms with Gasteiger partial charge in [-0.15, -0.1) is 0 Å². The minimum atomic E-state index is -0.512. The second-order valence-electron chi connectivity index (χ2n) is 6.00. The average Bonchev–Trinajstić information content (AvgIpc) is 3.03. The van der Waals surface area contributed by atoms with Gasteiger partial charge < -0.3 is 10.6 Å². The van der Waals surface area contributed by atoms with E-state index >= 15 is 0 Å². The molecule has 0 radical (unpaired) electrons. The molecule has 0 spiro atoms. The highest BCUT2D eigenvalue weighted by molar-refractivity contribution is 6.35. The first kappa shape index (κ1) is 14.9. The van der Waals surface area contributed by atoms with Gasteiger partial charge in [-0.2, -0.15) is 0 Å². The molecule has 114 valence electrons. The first-order chi connectivity index (χ1) is 9.93. The first-order valence-corrected chi connectivity index (χ1v) is 7.93. The normalized spacial score (nSPS) is 26.5. The molecule has 1 heterocycles. The lowest BCUT2D eigenvalue weighted by Crippen LogP contribution is -2.52. The topological polar surface area (TPSA) is 41.6 Å². The van der Waals surface area contributed by atoms with Crippen LogP contribution < -0.4 is 5.73 Å². The quantitative estimate of drug-likeness (QED) is 0.835. The molecule has 1 fully saturated rings. The summed E-state index contributed by atoms with van der Waals surface area (Å²) in [6.07, 6.45) is 4.54. The molecule has 0 aromatic heterocycles. The number of hydrogen-bond acceptors (Lipinski definition) is 3. The van der Waals surface area contributed by atoms with Gasteiger partial charge in [0.15, 0.2) is 5.96 Å². The lowest BCUT2D eigenvalue weighted by molar-refractivity contribution is 0.167. The number of rotatable bonds is 2. The molecule has 1 saturated carbocycles. The molecular formula is C15H18Cl2FN3. The van der Waals surface area contributed by atoms with Crippen molar-refractivity contribution in [1.82, 2.24) is 4.90 Å². The molecular weight excluding hydrogens is 312 g/mol. The molecule has 0 amide bonds. The molecule has 3 rings (SSSR count). The minimum absolute atomic E-state index is 0.0339. The van der Waals surface area contributed by atoms with Crippen molar-refractivity contribution in [1.29, 1.82) is 0 Å². The molecule has 0 saturated heterocycles. The predicted molar refractivity (Wildman–Crippen MR) is 84.4 cm³/mol. The molecule has 1 aromatic carbocycles. The number of benzene rings is 1. The Balaban J connectivity index is 2.05. The summed E-state index contributed by atoms with van der Waals surface area (Å²) in [5.74, 6) is 0.0601. The summed E-state index contributed by atoms with van der Waals surface area (Å²) in [6.45, 7) is 2.50. The molecule has 2 aliphatic rings. The molecule has 0 bridgehead atoms. The Labute approximate surface area is 133 Å².